The van der Waals surface area contributed by atoms with Crippen LogP contribution in [-0.2, 0) is 19.1 Å². The molecule has 0 bridgehead atoms. The van der Waals surface area contributed by atoms with E-state index in [1.54, 1.807) is 13.0 Å². The first-order valence-corrected chi connectivity index (χ1v) is 9.87. The van der Waals surface area contributed by atoms with Gasteiger partial charge in [0.1, 0.15) is 0 Å². The molecule has 0 aliphatic rings. The van der Waals surface area contributed by atoms with Gasteiger partial charge >= 0.3 is 5.97 Å². The highest BCUT2D eigenvalue weighted by atomic mass is 16.5. The maximum Gasteiger partial charge on any atom is 0.312 e. The monoisotopic (exact) mass is 407 g/mol. The third-order valence-electron chi connectivity index (χ3n) is 4.22. The van der Waals surface area contributed by atoms with E-state index < -0.39 is 23.6 Å². The lowest BCUT2D eigenvalue weighted by Crippen LogP contribution is -2.30. The van der Waals surface area contributed by atoms with Crippen LogP contribution >= 0.6 is 0 Å². The van der Waals surface area contributed by atoms with Crippen LogP contribution in [0, 0.1) is 5.92 Å². The van der Waals surface area contributed by atoms with E-state index in [-0.39, 0.29) is 0 Å². The largest absolute Gasteiger partial charge is 0.469 e. The van der Waals surface area contributed by atoms with Crippen molar-refractivity contribution in [3.63, 3.8) is 0 Å². The third kappa shape index (κ3) is 6.78. The molecule has 5 heteroatoms. The van der Waals surface area contributed by atoms with Crippen molar-refractivity contribution < 1.29 is 19.1 Å². The van der Waals surface area contributed by atoms with Gasteiger partial charge in [-0.3, -0.25) is 9.59 Å². The van der Waals surface area contributed by atoms with E-state index in [2.05, 4.69) is 0 Å². The summed E-state index contributed by atoms with van der Waals surface area (Å²) in [6.45, 7) is 7.29. The summed E-state index contributed by atoms with van der Waals surface area (Å²) in [6.07, 6.45) is 1.40. The van der Waals surface area contributed by atoms with E-state index >= 15 is 0 Å². The van der Waals surface area contributed by atoms with Gasteiger partial charge in [0.2, 0.25) is 0 Å². The molecule has 5 nitrogen and oxygen atoms in total. The fourth-order valence-corrected chi connectivity index (χ4v) is 2.86. The van der Waals surface area contributed by atoms with Gasteiger partial charge in [-0.15, -0.1) is 0 Å². The molecule has 0 aliphatic carbocycles. The molecule has 0 amide bonds. The molecule has 0 heterocycles. The number of aliphatic imine (C=N–C) groups is 1. The van der Waals surface area contributed by atoms with E-state index in [4.69, 9.17) is 14.5 Å². The van der Waals surface area contributed by atoms with Gasteiger partial charge in [0.25, 0.3) is 0 Å². The van der Waals surface area contributed by atoms with Crippen molar-refractivity contribution in [2.24, 2.45) is 10.9 Å². The van der Waals surface area contributed by atoms with E-state index in [0.29, 0.717) is 17.7 Å². The van der Waals surface area contributed by atoms with Crippen molar-refractivity contribution in [1.29, 1.82) is 0 Å². The Kier molecular flexibility index (Phi) is 8.25. The van der Waals surface area contributed by atoms with Gasteiger partial charge in [-0.2, -0.15) is 0 Å². The summed E-state index contributed by atoms with van der Waals surface area (Å²) in [5, 5.41) is 0. The number of esters is 1. The van der Waals surface area contributed by atoms with Crippen LogP contribution in [0.5, 0.6) is 0 Å². The Morgan fingerprint density at radius 1 is 0.967 bits per heavy atom. The van der Waals surface area contributed by atoms with Gasteiger partial charge in [-0.25, -0.2) is 4.99 Å². The summed E-state index contributed by atoms with van der Waals surface area (Å²) in [4.78, 5) is 28.8. The fourth-order valence-electron chi connectivity index (χ4n) is 2.86. The van der Waals surface area contributed by atoms with Crippen molar-refractivity contribution in [1.82, 2.24) is 0 Å². The molecule has 2 unspecified atom stereocenters. The average molecular weight is 408 g/mol. The fraction of sp³-hybridized carbons (Fsp3) is 0.320. The van der Waals surface area contributed by atoms with Crippen LogP contribution in [0.2, 0.25) is 0 Å². The Bertz CT molecular complexity index is 854. The Labute approximate surface area is 178 Å². The number of rotatable bonds is 8. The van der Waals surface area contributed by atoms with Gasteiger partial charge in [-0.05, 0) is 33.8 Å². The normalized spacial score (nSPS) is 13.8. The van der Waals surface area contributed by atoms with E-state index in [0.717, 1.165) is 11.1 Å². The second-order valence-electron chi connectivity index (χ2n) is 7.88. The molecule has 2 rings (SSSR count). The first-order valence-electron chi connectivity index (χ1n) is 9.87. The summed E-state index contributed by atoms with van der Waals surface area (Å²) in [6, 6.07) is 19.4. The molecule has 158 valence electrons. The zero-order valence-corrected chi connectivity index (χ0v) is 18.2. The quantitative estimate of drug-likeness (QED) is 0.364. The van der Waals surface area contributed by atoms with E-state index in [1.807, 2.05) is 81.4 Å². The van der Waals surface area contributed by atoms with Crippen molar-refractivity contribution in [2.45, 2.75) is 39.4 Å². The zero-order valence-electron chi connectivity index (χ0n) is 18.2. The molecule has 0 N–H and O–H groups in total. The molecule has 0 aromatic heterocycles. The lowest BCUT2D eigenvalue weighted by atomic mass is 10.0. The molecule has 2 aromatic carbocycles. The van der Waals surface area contributed by atoms with Crippen LogP contribution in [-0.4, -0.2) is 36.8 Å². The molecule has 0 fully saturated rings. The highest BCUT2D eigenvalue weighted by molar-refractivity contribution is 6.13. The summed E-state index contributed by atoms with van der Waals surface area (Å²) in [7, 11) is 1.33. The van der Waals surface area contributed by atoms with Gasteiger partial charge in [0, 0.05) is 11.1 Å². The predicted molar refractivity (Wildman–Crippen MR) is 118 cm³/mol. The summed E-state index contributed by atoms with van der Waals surface area (Å²) in [5.74, 6) is -1.00. The number of hydrogen-bond donors (Lipinski definition) is 0. The average Bonchev–Trinajstić information content (AvgIpc) is 2.74. The second-order valence-corrected chi connectivity index (χ2v) is 7.88. The maximum absolute atomic E-state index is 12.0. The van der Waals surface area contributed by atoms with Gasteiger partial charge in [0.05, 0.1) is 30.0 Å². The van der Waals surface area contributed by atoms with Crippen LogP contribution < -0.4 is 0 Å². The predicted octanol–water partition coefficient (Wildman–Crippen LogP) is 4.60. The van der Waals surface area contributed by atoms with Gasteiger partial charge in [0.15, 0.2) is 12.4 Å². The molecule has 2 aromatic rings. The Balaban J connectivity index is 2.66. The third-order valence-corrected chi connectivity index (χ3v) is 4.22. The van der Waals surface area contributed by atoms with E-state index in [9.17, 15) is 9.59 Å². The molecule has 0 radical (unpaired) electrons. The maximum atomic E-state index is 12.0. The smallest absolute Gasteiger partial charge is 0.312 e. The summed E-state index contributed by atoms with van der Waals surface area (Å²) >= 11 is 0. The van der Waals surface area contributed by atoms with Crippen LogP contribution in [0.25, 0.3) is 0 Å². The van der Waals surface area contributed by atoms with Crippen LogP contribution in [0.15, 0.2) is 77.4 Å². The SMILES string of the molecule is COC(=O)C(C)/C=C(/N=C(c1ccccc1)c1ccccc1)C(C=O)OC(C)(C)C. The zero-order chi connectivity index (χ0) is 22.1. The molecular formula is C25H29NO4. The molecular weight excluding hydrogens is 378 g/mol. The number of methoxy groups -OCH3 is 1. The number of hydrogen-bond acceptors (Lipinski definition) is 5. The van der Waals surface area contributed by atoms with Crippen LogP contribution in [0.3, 0.4) is 0 Å². The Morgan fingerprint density at radius 2 is 1.47 bits per heavy atom. The van der Waals surface area contributed by atoms with Gasteiger partial charge in [-0.1, -0.05) is 60.7 Å². The lowest BCUT2D eigenvalue weighted by molar-refractivity contribution is -0.143. The number of ether oxygens (including phenoxy) is 2. The highest BCUT2D eigenvalue weighted by Gasteiger charge is 2.24. The van der Waals surface area contributed by atoms with E-state index in [1.165, 1.54) is 7.11 Å². The molecule has 2 atom stereocenters. The van der Waals surface area contributed by atoms with Crippen molar-refractivity contribution >= 4 is 18.0 Å². The first kappa shape index (κ1) is 23.2. The Hall–Kier alpha value is -3.05. The summed E-state index contributed by atoms with van der Waals surface area (Å²) < 4.78 is 10.8. The molecule has 0 saturated heterocycles. The standard InChI is InChI=1S/C25H29NO4/c1-18(24(28)29-5)16-21(22(17-27)30-25(2,3)4)26-23(19-12-8-6-9-13-19)20-14-10-7-11-15-20/h6-18,22H,1-5H3/b21-16+. The van der Waals surface area contributed by atoms with Crippen molar-refractivity contribution in [3.05, 3.63) is 83.6 Å². The van der Waals surface area contributed by atoms with Crippen molar-refractivity contribution in [2.75, 3.05) is 7.11 Å². The number of aldehydes is 1. The first-order chi connectivity index (χ1) is 14.2. The van der Waals surface area contributed by atoms with Crippen LogP contribution in [0.4, 0.5) is 0 Å². The highest BCUT2D eigenvalue weighted by Crippen LogP contribution is 2.21. The number of carbonyl (C=O) groups excluding carboxylic acids is 2. The number of nitrogens with zero attached hydrogens (tertiary/aromatic N) is 1. The van der Waals surface area contributed by atoms with Crippen molar-refractivity contribution in [3.8, 4) is 0 Å². The van der Waals surface area contributed by atoms with Gasteiger partial charge < -0.3 is 9.47 Å². The Morgan fingerprint density at radius 3 is 1.87 bits per heavy atom. The number of carbonyl (C=O) groups is 2. The second kappa shape index (κ2) is 10.6. The lowest BCUT2D eigenvalue weighted by Gasteiger charge is -2.25. The minimum absolute atomic E-state index is 0.362. The number of benzene rings is 2. The van der Waals surface area contributed by atoms with Crippen LogP contribution in [0.1, 0.15) is 38.8 Å². The molecule has 0 spiro atoms. The topological polar surface area (TPSA) is 65.0 Å². The minimum Gasteiger partial charge on any atom is -0.469 e. The molecule has 0 saturated carbocycles. The molecule has 0 aliphatic heterocycles. The molecule has 30 heavy (non-hydrogen) atoms. The summed E-state index contributed by atoms with van der Waals surface area (Å²) in [5.41, 5.74) is 2.25. The minimum atomic E-state index is -0.931.